The Balaban J connectivity index is 1.98. The zero-order valence-electron chi connectivity index (χ0n) is 13.7. The summed E-state index contributed by atoms with van der Waals surface area (Å²) in [5, 5.41) is 9.73. The molecule has 1 heterocycles. The third kappa shape index (κ3) is 3.41. The second-order valence-corrected chi connectivity index (χ2v) is 6.20. The number of para-hydroxylation sites is 1. The standard InChI is InChI=1S/C19H21FN2O2/c1-21-11-5-8-16(21)13-22(19(23)24)18-10-3-2-9-17(18)14-6-4-7-15(20)12-14/h2-4,6-7,9-10,12,16H,5,8,11,13H2,1H3,(H,23,24)/t16-/m0/s1. The summed E-state index contributed by atoms with van der Waals surface area (Å²) in [7, 11) is 2.02. The quantitative estimate of drug-likeness (QED) is 0.920. The van der Waals surface area contributed by atoms with E-state index >= 15 is 0 Å². The fourth-order valence-electron chi connectivity index (χ4n) is 3.31. The lowest BCUT2D eigenvalue weighted by molar-refractivity contribution is 0.198. The van der Waals surface area contributed by atoms with Gasteiger partial charge < -0.3 is 10.0 Å². The van der Waals surface area contributed by atoms with Crippen molar-refractivity contribution in [3.8, 4) is 11.1 Å². The van der Waals surface area contributed by atoms with Crippen molar-refractivity contribution < 1.29 is 14.3 Å². The molecule has 1 atom stereocenters. The number of hydrogen-bond donors (Lipinski definition) is 1. The highest BCUT2D eigenvalue weighted by Crippen LogP contribution is 2.32. The van der Waals surface area contributed by atoms with E-state index in [1.165, 1.54) is 17.0 Å². The van der Waals surface area contributed by atoms with Crippen molar-refractivity contribution in [3.63, 3.8) is 0 Å². The fraction of sp³-hybridized carbons (Fsp3) is 0.316. The van der Waals surface area contributed by atoms with E-state index in [-0.39, 0.29) is 11.9 Å². The van der Waals surface area contributed by atoms with E-state index in [0.717, 1.165) is 24.9 Å². The molecule has 4 nitrogen and oxygen atoms in total. The van der Waals surface area contributed by atoms with Crippen LogP contribution in [0, 0.1) is 5.82 Å². The van der Waals surface area contributed by atoms with Crippen LogP contribution >= 0.6 is 0 Å². The first-order valence-corrected chi connectivity index (χ1v) is 8.12. The summed E-state index contributed by atoms with van der Waals surface area (Å²) in [6, 6.07) is 13.7. The van der Waals surface area contributed by atoms with Crippen molar-refractivity contribution in [1.82, 2.24) is 4.90 Å². The van der Waals surface area contributed by atoms with Gasteiger partial charge in [0.25, 0.3) is 0 Å². The highest BCUT2D eigenvalue weighted by Gasteiger charge is 2.27. The number of rotatable bonds is 4. The zero-order chi connectivity index (χ0) is 17.1. The Kier molecular flexibility index (Phi) is 4.81. The van der Waals surface area contributed by atoms with Crippen LogP contribution in [0.25, 0.3) is 11.1 Å². The average Bonchev–Trinajstić information content (AvgIpc) is 2.97. The largest absolute Gasteiger partial charge is 0.465 e. The Morgan fingerprint density at radius 2 is 2.08 bits per heavy atom. The van der Waals surface area contributed by atoms with Crippen molar-refractivity contribution in [2.45, 2.75) is 18.9 Å². The Morgan fingerprint density at radius 1 is 1.29 bits per heavy atom. The van der Waals surface area contributed by atoms with Crippen molar-refractivity contribution >= 4 is 11.8 Å². The summed E-state index contributed by atoms with van der Waals surface area (Å²) in [5.41, 5.74) is 1.99. The van der Waals surface area contributed by atoms with Crippen LogP contribution in [0.2, 0.25) is 0 Å². The molecule has 1 aliphatic rings. The number of anilines is 1. The molecule has 1 saturated heterocycles. The topological polar surface area (TPSA) is 43.8 Å². The highest BCUT2D eigenvalue weighted by molar-refractivity contribution is 5.92. The SMILES string of the molecule is CN1CCC[C@H]1CN(C(=O)O)c1ccccc1-c1cccc(F)c1. The van der Waals surface area contributed by atoms with Crippen LogP contribution in [0.1, 0.15) is 12.8 Å². The predicted octanol–water partition coefficient (Wildman–Crippen LogP) is 4.07. The van der Waals surface area contributed by atoms with Gasteiger partial charge in [-0.15, -0.1) is 0 Å². The van der Waals surface area contributed by atoms with E-state index in [0.29, 0.717) is 17.8 Å². The van der Waals surface area contributed by atoms with Crippen molar-refractivity contribution in [2.24, 2.45) is 0 Å². The van der Waals surface area contributed by atoms with Gasteiger partial charge >= 0.3 is 6.09 Å². The summed E-state index contributed by atoms with van der Waals surface area (Å²) in [6.45, 7) is 1.40. The number of hydrogen-bond acceptors (Lipinski definition) is 2. The monoisotopic (exact) mass is 328 g/mol. The van der Waals surface area contributed by atoms with Crippen LogP contribution < -0.4 is 4.90 Å². The van der Waals surface area contributed by atoms with E-state index in [9.17, 15) is 14.3 Å². The van der Waals surface area contributed by atoms with E-state index in [1.54, 1.807) is 18.2 Å². The van der Waals surface area contributed by atoms with Crippen LogP contribution in [-0.2, 0) is 0 Å². The highest BCUT2D eigenvalue weighted by atomic mass is 19.1. The summed E-state index contributed by atoms with van der Waals surface area (Å²) in [4.78, 5) is 15.5. The molecule has 5 heteroatoms. The maximum Gasteiger partial charge on any atom is 0.411 e. The number of likely N-dealkylation sites (N-methyl/N-ethyl adjacent to an activating group) is 1. The first kappa shape index (κ1) is 16.5. The van der Waals surface area contributed by atoms with E-state index in [1.807, 2.05) is 25.2 Å². The molecule has 1 N–H and O–H groups in total. The molecule has 0 saturated carbocycles. The zero-order valence-corrected chi connectivity index (χ0v) is 13.7. The van der Waals surface area contributed by atoms with Gasteiger partial charge in [-0.3, -0.25) is 4.90 Å². The molecule has 0 bridgehead atoms. The second-order valence-electron chi connectivity index (χ2n) is 6.20. The lowest BCUT2D eigenvalue weighted by Gasteiger charge is -2.28. The number of benzene rings is 2. The number of amides is 1. The Morgan fingerprint density at radius 3 is 2.75 bits per heavy atom. The Labute approximate surface area is 141 Å². The molecule has 2 aromatic rings. The number of carbonyl (C=O) groups is 1. The van der Waals surface area contributed by atoms with Gasteiger partial charge in [0.15, 0.2) is 0 Å². The Bertz CT molecular complexity index is 735. The van der Waals surface area contributed by atoms with Gasteiger partial charge in [0.1, 0.15) is 5.82 Å². The molecule has 0 aliphatic carbocycles. The lowest BCUT2D eigenvalue weighted by Crippen LogP contribution is -2.41. The number of halogens is 1. The molecular weight excluding hydrogens is 307 g/mol. The molecule has 3 rings (SSSR count). The molecule has 2 aromatic carbocycles. The molecule has 0 unspecified atom stereocenters. The van der Waals surface area contributed by atoms with Gasteiger partial charge in [-0.05, 0) is 50.2 Å². The van der Waals surface area contributed by atoms with Crippen LogP contribution in [0.5, 0.6) is 0 Å². The summed E-state index contributed by atoms with van der Waals surface area (Å²) < 4.78 is 13.6. The van der Waals surface area contributed by atoms with Crippen molar-refractivity contribution in [1.29, 1.82) is 0 Å². The number of nitrogens with zero attached hydrogens (tertiary/aromatic N) is 2. The number of likely N-dealkylation sites (tertiary alicyclic amines) is 1. The molecule has 1 aliphatic heterocycles. The predicted molar refractivity (Wildman–Crippen MR) is 92.9 cm³/mol. The summed E-state index contributed by atoms with van der Waals surface area (Å²) in [6.07, 6.45) is 1.09. The molecule has 0 radical (unpaired) electrons. The third-order valence-corrected chi connectivity index (χ3v) is 4.63. The molecule has 0 spiro atoms. The maximum absolute atomic E-state index is 13.6. The third-order valence-electron chi connectivity index (χ3n) is 4.63. The van der Waals surface area contributed by atoms with Crippen molar-refractivity contribution in [3.05, 3.63) is 54.3 Å². The van der Waals surface area contributed by atoms with Crippen molar-refractivity contribution in [2.75, 3.05) is 25.0 Å². The molecule has 126 valence electrons. The fourth-order valence-corrected chi connectivity index (χ4v) is 3.31. The molecule has 24 heavy (non-hydrogen) atoms. The van der Waals surface area contributed by atoms with Crippen LogP contribution in [0.15, 0.2) is 48.5 Å². The van der Waals surface area contributed by atoms with E-state index in [4.69, 9.17) is 0 Å². The van der Waals surface area contributed by atoms with Gasteiger partial charge in [0.05, 0.1) is 5.69 Å². The molecule has 0 aromatic heterocycles. The average molecular weight is 328 g/mol. The maximum atomic E-state index is 13.6. The van der Waals surface area contributed by atoms with Gasteiger partial charge in [-0.25, -0.2) is 9.18 Å². The van der Waals surface area contributed by atoms with Gasteiger partial charge in [0.2, 0.25) is 0 Å². The van der Waals surface area contributed by atoms with Gasteiger partial charge in [0, 0.05) is 18.2 Å². The van der Waals surface area contributed by atoms with Crippen LogP contribution in [-0.4, -0.2) is 42.3 Å². The normalized spacial score (nSPS) is 17.8. The minimum absolute atomic E-state index is 0.210. The lowest BCUT2D eigenvalue weighted by atomic mass is 10.0. The minimum Gasteiger partial charge on any atom is -0.465 e. The molecular formula is C19H21FN2O2. The second kappa shape index (κ2) is 7.01. The first-order valence-electron chi connectivity index (χ1n) is 8.12. The van der Waals surface area contributed by atoms with E-state index in [2.05, 4.69) is 4.90 Å². The van der Waals surface area contributed by atoms with E-state index < -0.39 is 6.09 Å². The number of carboxylic acid groups (broad SMARTS) is 1. The van der Waals surface area contributed by atoms with Gasteiger partial charge in [-0.2, -0.15) is 0 Å². The summed E-state index contributed by atoms with van der Waals surface area (Å²) >= 11 is 0. The minimum atomic E-state index is -0.987. The summed E-state index contributed by atoms with van der Waals surface area (Å²) in [5.74, 6) is -0.334. The first-order chi connectivity index (χ1) is 11.6. The van der Waals surface area contributed by atoms with Gasteiger partial charge in [-0.1, -0.05) is 30.3 Å². The van der Waals surface area contributed by atoms with Crippen LogP contribution in [0.4, 0.5) is 14.9 Å². The molecule has 1 fully saturated rings. The smallest absolute Gasteiger partial charge is 0.411 e. The Hall–Kier alpha value is -2.40. The molecule has 1 amide bonds. The van der Waals surface area contributed by atoms with Crippen LogP contribution in [0.3, 0.4) is 0 Å².